The van der Waals surface area contributed by atoms with Gasteiger partial charge in [0.1, 0.15) is 5.75 Å². The Labute approximate surface area is 180 Å². The van der Waals surface area contributed by atoms with E-state index in [1.807, 2.05) is 12.1 Å². The topological polar surface area (TPSA) is 20.2 Å². The van der Waals surface area contributed by atoms with Gasteiger partial charge in [0.25, 0.3) is 0 Å². The second-order valence-corrected chi connectivity index (χ2v) is 7.92. The third-order valence-corrected chi connectivity index (χ3v) is 6.16. The van der Waals surface area contributed by atoms with Crippen LogP contribution in [0.5, 0.6) is 5.75 Å². The van der Waals surface area contributed by atoms with Crippen molar-refractivity contribution in [2.24, 2.45) is 0 Å². The maximum Gasteiger partial charge on any atom is 0.131 e. The minimum atomic E-state index is 0.325. The molecule has 0 unspecified atom stereocenters. The first-order chi connectivity index (χ1) is 15.3. The van der Waals surface area contributed by atoms with E-state index in [1.54, 1.807) is 0 Å². The van der Waals surface area contributed by atoms with Crippen LogP contribution >= 0.6 is 0 Å². The van der Waals surface area contributed by atoms with Gasteiger partial charge >= 0.3 is 0 Å². The fourth-order valence-corrected chi connectivity index (χ4v) is 4.72. The van der Waals surface area contributed by atoms with E-state index in [0.29, 0.717) is 5.75 Å². The highest BCUT2D eigenvalue weighted by Crippen LogP contribution is 2.46. The van der Waals surface area contributed by atoms with Crippen LogP contribution in [0.25, 0.3) is 54.6 Å². The van der Waals surface area contributed by atoms with Gasteiger partial charge in [-0.15, -0.1) is 0 Å². The fourth-order valence-electron chi connectivity index (χ4n) is 4.72. The number of rotatable bonds is 2. The number of hydrogen-bond donors (Lipinski definition) is 1. The van der Waals surface area contributed by atoms with Gasteiger partial charge in [-0.2, -0.15) is 0 Å². The number of aromatic hydroxyl groups is 1. The van der Waals surface area contributed by atoms with Gasteiger partial charge in [0, 0.05) is 11.1 Å². The number of fused-ring (bicyclic) bond motifs is 3. The van der Waals surface area contributed by atoms with Gasteiger partial charge < -0.3 is 5.11 Å². The van der Waals surface area contributed by atoms with Gasteiger partial charge in [0.05, 0.1) is 0 Å². The van der Waals surface area contributed by atoms with Gasteiger partial charge in [-0.1, -0.05) is 109 Å². The molecule has 6 aromatic rings. The van der Waals surface area contributed by atoms with Crippen molar-refractivity contribution in [3.63, 3.8) is 0 Å². The summed E-state index contributed by atoms with van der Waals surface area (Å²) < 4.78 is 0. The average molecular weight is 396 g/mol. The fraction of sp³-hybridized carbons (Fsp3) is 0. The molecule has 6 rings (SSSR count). The molecule has 0 radical (unpaired) electrons. The van der Waals surface area contributed by atoms with E-state index in [9.17, 15) is 5.11 Å². The standard InChI is InChI=1S/C30H20O/c31-30-28(26-17-7-12-20-9-1-4-14-23(20)26)19-22-11-3-6-16-25(22)29(30)27-18-8-13-21-10-2-5-15-24(21)27/h1-19,31H. The van der Waals surface area contributed by atoms with Crippen molar-refractivity contribution in [1.29, 1.82) is 0 Å². The lowest BCUT2D eigenvalue weighted by molar-refractivity contribution is 0.480. The molecule has 0 atom stereocenters. The highest BCUT2D eigenvalue weighted by atomic mass is 16.3. The van der Waals surface area contributed by atoms with Gasteiger partial charge in [-0.05, 0) is 49.5 Å². The normalized spacial score (nSPS) is 11.4. The Morgan fingerprint density at radius 1 is 0.387 bits per heavy atom. The van der Waals surface area contributed by atoms with Crippen molar-refractivity contribution < 1.29 is 5.11 Å². The van der Waals surface area contributed by atoms with E-state index in [-0.39, 0.29) is 0 Å². The number of hydrogen-bond acceptors (Lipinski definition) is 1. The molecule has 0 spiro atoms. The Hall–Kier alpha value is -4.10. The van der Waals surface area contributed by atoms with E-state index >= 15 is 0 Å². The van der Waals surface area contributed by atoms with Crippen molar-refractivity contribution in [1.82, 2.24) is 0 Å². The Kier molecular flexibility index (Phi) is 4.00. The molecular weight excluding hydrogens is 376 g/mol. The molecule has 0 fully saturated rings. The first-order valence-electron chi connectivity index (χ1n) is 10.5. The second kappa shape index (κ2) is 7.00. The van der Waals surface area contributed by atoms with Gasteiger partial charge in [0.2, 0.25) is 0 Å². The van der Waals surface area contributed by atoms with Crippen LogP contribution in [0.4, 0.5) is 0 Å². The summed E-state index contributed by atoms with van der Waals surface area (Å²) in [6.07, 6.45) is 0. The third kappa shape index (κ3) is 2.78. The summed E-state index contributed by atoms with van der Waals surface area (Å²) in [5, 5.41) is 18.5. The molecule has 0 aliphatic carbocycles. The second-order valence-electron chi connectivity index (χ2n) is 7.92. The quantitative estimate of drug-likeness (QED) is 0.313. The minimum absolute atomic E-state index is 0.325. The molecule has 0 aliphatic heterocycles. The first kappa shape index (κ1) is 17.7. The molecule has 0 amide bonds. The molecule has 31 heavy (non-hydrogen) atoms. The third-order valence-electron chi connectivity index (χ3n) is 6.16. The first-order valence-corrected chi connectivity index (χ1v) is 10.5. The molecular formula is C30H20O. The van der Waals surface area contributed by atoms with E-state index in [0.717, 1.165) is 43.8 Å². The molecule has 0 heterocycles. The smallest absolute Gasteiger partial charge is 0.131 e. The molecule has 1 nitrogen and oxygen atoms in total. The van der Waals surface area contributed by atoms with Crippen molar-refractivity contribution >= 4 is 32.3 Å². The predicted octanol–water partition coefficient (Wildman–Crippen LogP) is 8.19. The summed E-state index contributed by atoms with van der Waals surface area (Å²) in [6.45, 7) is 0. The Morgan fingerprint density at radius 3 is 1.55 bits per heavy atom. The average Bonchev–Trinajstić information content (AvgIpc) is 2.83. The molecule has 0 aromatic heterocycles. The van der Waals surface area contributed by atoms with E-state index in [4.69, 9.17) is 0 Å². The van der Waals surface area contributed by atoms with Crippen molar-refractivity contribution in [2.75, 3.05) is 0 Å². The lowest BCUT2D eigenvalue weighted by Gasteiger charge is -2.17. The number of phenols is 1. The van der Waals surface area contributed by atoms with E-state index in [2.05, 4.69) is 103 Å². The Balaban J connectivity index is 1.76. The van der Waals surface area contributed by atoms with Gasteiger partial charge in [-0.3, -0.25) is 0 Å². The van der Waals surface area contributed by atoms with Gasteiger partial charge in [-0.25, -0.2) is 0 Å². The zero-order chi connectivity index (χ0) is 20.8. The molecule has 1 N–H and O–H groups in total. The van der Waals surface area contributed by atoms with E-state index in [1.165, 1.54) is 10.8 Å². The zero-order valence-electron chi connectivity index (χ0n) is 16.9. The summed E-state index contributed by atoms with van der Waals surface area (Å²) in [6, 6.07) is 39.7. The molecule has 0 saturated heterocycles. The highest BCUT2D eigenvalue weighted by molar-refractivity contribution is 6.12. The Bertz CT molecular complexity index is 1580. The molecule has 0 aliphatic rings. The van der Waals surface area contributed by atoms with Crippen LogP contribution < -0.4 is 0 Å². The molecule has 0 saturated carbocycles. The van der Waals surface area contributed by atoms with Crippen LogP contribution in [0, 0.1) is 0 Å². The SMILES string of the molecule is Oc1c(-c2cccc3ccccc23)cc2ccccc2c1-c1cccc2ccccc12. The molecule has 6 aromatic carbocycles. The van der Waals surface area contributed by atoms with Crippen LogP contribution in [0.2, 0.25) is 0 Å². The van der Waals surface area contributed by atoms with Crippen molar-refractivity contribution in [3.05, 3.63) is 115 Å². The van der Waals surface area contributed by atoms with E-state index < -0.39 is 0 Å². The van der Waals surface area contributed by atoms with Crippen LogP contribution in [0.3, 0.4) is 0 Å². The maximum absolute atomic E-state index is 11.7. The predicted molar refractivity (Wildman–Crippen MR) is 131 cm³/mol. The van der Waals surface area contributed by atoms with Crippen molar-refractivity contribution in [3.8, 4) is 28.0 Å². The van der Waals surface area contributed by atoms with Crippen LogP contribution in [-0.2, 0) is 0 Å². The lowest BCUT2D eigenvalue weighted by Crippen LogP contribution is -1.90. The number of benzene rings is 6. The summed E-state index contributed by atoms with van der Waals surface area (Å²) in [5.41, 5.74) is 3.84. The van der Waals surface area contributed by atoms with Crippen molar-refractivity contribution in [2.45, 2.75) is 0 Å². The minimum Gasteiger partial charge on any atom is -0.507 e. The summed E-state index contributed by atoms with van der Waals surface area (Å²) in [5.74, 6) is 0.325. The van der Waals surface area contributed by atoms with Crippen LogP contribution in [0.15, 0.2) is 115 Å². The monoisotopic (exact) mass is 396 g/mol. The molecule has 1 heteroatoms. The highest BCUT2D eigenvalue weighted by Gasteiger charge is 2.18. The number of phenolic OH excluding ortho intramolecular Hbond substituents is 1. The van der Waals surface area contributed by atoms with Crippen LogP contribution in [-0.4, -0.2) is 5.11 Å². The van der Waals surface area contributed by atoms with Crippen LogP contribution in [0.1, 0.15) is 0 Å². The summed E-state index contributed by atoms with van der Waals surface area (Å²) in [7, 11) is 0. The maximum atomic E-state index is 11.7. The lowest BCUT2D eigenvalue weighted by atomic mass is 9.88. The van der Waals surface area contributed by atoms with Gasteiger partial charge in [0.15, 0.2) is 0 Å². The zero-order valence-corrected chi connectivity index (χ0v) is 16.9. The molecule has 146 valence electrons. The Morgan fingerprint density at radius 2 is 0.871 bits per heavy atom. The summed E-state index contributed by atoms with van der Waals surface area (Å²) in [4.78, 5) is 0. The summed E-state index contributed by atoms with van der Waals surface area (Å²) >= 11 is 0. The largest absolute Gasteiger partial charge is 0.507 e. The molecule has 0 bridgehead atoms.